The molecule has 5 atom stereocenters. The van der Waals surface area contributed by atoms with Crippen LogP contribution in [0.15, 0.2) is 21.9 Å². The molecule has 28 heavy (non-hydrogen) atoms. The number of nitrogens with zero attached hydrogens (tertiary/aromatic N) is 1. The van der Waals surface area contributed by atoms with Gasteiger partial charge in [-0.3, -0.25) is 14.3 Å². The SMILES string of the molecule is C[C@H]1C[C@@H](COP(O)(=S)OP(=O)(O)OP(=O)(O)O)O[C@H]1n1ccc(=O)[nH]c1=O. The molecule has 5 N–H and O–H groups in total. The first-order valence-electron chi connectivity index (χ1n) is 7.43. The van der Waals surface area contributed by atoms with Gasteiger partial charge in [0.1, 0.15) is 6.23 Å². The van der Waals surface area contributed by atoms with E-state index in [1.807, 2.05) is 0 Å². The zero-order chi connectivity index (χ0) is 21.3. The highest BCUT2D eigenvalue weighted by Gasteiger charge is 2.40. The van der Waals surface area contributed by atoms with E-state index in [9.17, 15) is 28.5 Å². The van der Waals surface area contributed by atoms with Crippen LogP contribution in [0.4, 0.5) is 0 Å². The summed E-state index contributed by atoms with van der Waals surface area (Å²) in [5.41, 5.74) is -1.26. The molecule has 0 radical (unpaired) electrons. The third kappa shape index (κ3) is 7.06. The first-order chi connectivity index (χ1) is 12.7. The maximum atomic E-state index is 11.9. The van der Waals surface area contributed by atoms with E-state index < -0.39 is 52.6 Å². The highest BCUT2D eigenvalue weighted by molar-refractivity contribution is 8.08. The molecule has 0 aliphatic carbocycles. The predicted molar refractivity (Wildman–Crippen MR) is 95.5 cm³/mol. The summed E-state index contributed by atoms with van der Waals surface area (Å²) in [4.78, 5) is 61.1. The van der Waals surface area contributed by atoms with E-state index >= 15 is 0 Å². The van der Waals surface area contributed by atoms with Crippen LogP contribution in [0, 0.1) is 5.92 Å². The number of rotatable bonds is 8. The van der Waals surface area contributed by atoms with Gasteiger partial charge in [0.2, 0.25) is 0 Å². The minimum Gasteiger partial charge on any atom is -0.352 e. The normalized spacial score (nSPS) is 27.2. The molecule has 1 saturated heterocycles. The van der Waals surface area contributed by atoms with Gasteiger partial charge in [-0.05, 0) is 18.2 Å². The first-order valence-corrected chi connectivity index (χ1v) is 13.0. The largest absolute Gasteiger partial charge is 0.488 e. The first kappa shape index (κ1) is 23.7. The van der Waals surface area contributed by atoms with E-state index in [2.05, 4.69) is 25.4 Å². The molecule has 2 heterocycles. The number of hydrogen-bond donors (Lipinski definition) is 5. The van der Waals surface area contributed by atoms with E-state index in [4.69, 9.17) is 19.0 Å². The van der Waals surface area contributed by atoms with Crippen molar-refractivity contribution in [2.75, 3.05) is 6.61 Å². The van der Waals surface area contributed by atoms with E-state index in [0.29, 0.717) is 6.42 Å². The molecule has 1 aromatic rings. The second-order valence-corrected chi connectivity index (χ2v) is 11.6. The van der Waals surface area contributed by atoms with Crippen LogP contribution in [-0.4, -0.2) is 41.8 Å². The van der Waals surface area contributed by atoms with Crippen molar-refractivity contribution in [1.29, 1.82) is 0 Å². The van der Waals surface area contributed by atoms with Crippen molar-refractivity contribution in [2.45, 2.75) is 25.7 Å². The maximum Gasteiger partial charge on any atom is 0.488 e. The predicted octanol–water partition coefficient (Wildman–Crippen LogP) is -0.0801. The Morgan fingerprint density at radius 3 is 2.50 bits per heavy atom. The molecule has 1 aliphatic rings. The molecule has 14 nitrogen and oxygen atoms in total. The number of aromatic amines is 1. The molecule has 0 bridgehead atoms. The Balaban J connectivity index is 1.98. The molecule has 1 aliphatic heterocycles. The number of hydrogen-bond acceptors (Lipinski definition) is 9. The summed E-state index contributed by atoms with van der Waals surface area (Å²) in [7, 11) is -10.8. The fourth-order valence-electron chi connectivity index (χ4n) is 2.47. The Hall–Kier alpha value is -0.530. The van der Waals surface area contributed by atoms with Crippen molar-refractivity contribution in [3.05, 3.63) is 33.1 Å². The molecule has 160 valence electrons. The summed E-state index contributed by atoms with van der Waals surface area (Å²) < 4.78 is 41.4. The zero-order valence-corrected chi connectivity index (χ0v) is 17.6. The molecule has 0 spiro atoms. The van der Waals surface area contributed by atoms with Crippen molar-refractivity contribution in [1.82, 2.24) is 9.55 Å². The van der Waals surface area contributed by atoms with Crippen LogP contribution < -0.4 is 11.2 Å². The molecule has 0 saturated carbocycles. The molecule has 2 unspecified atom stereocenters. The smallest absolute Gasteiger partial charge is 0.352 e. The van der Waals surface area contributed by atoms with Gasteiger partial charge in [-0.25, -0.2) is 18.2 Å². The maximum absolute atomic E-state index is 11.9. The van der Waals surface area contributed by atoms with Gasteiger partial charge in [0, 0.05) is 18.2 Å². The number of ether oxygens (including phenoxy) is 1. The highest BCUT2D eigenvalue weighted by atomic mass is 32.5. The summed E-state index contributed by atoms with van der Waals surface area (Å²) in [6.07, 6.45) is 0.128. The van der Waals surface area contributed by atoms with E-state index in [1.54, 1.807) is 6.92 Å². The lowest BCUT2D eigenvalue weighted by molar-refractivity contribution is -0.0311. The lowest BCUT2D eigenvalue weighted by Gasteiger charge is -2.21. The van der Waals surface area contributed by atoms with Crippen molar-refractivity contribution in [3.8, 4) is 0 Å². The van der Waals surface area contributed by atoms with Gasteiger partial charge in [-0.1, -0.05) is 6.92 Å². The summed E-state index contributed by atoms with van der Waals surface area (Å²) >= 11 is 4.51. The third-order valence-corrected chi connectivity index (χ3v) is 8.14. The van der Waals surface area contributed by atoms with Gasteiger partial charge >= 0.3 is 28.1 Å². The summed E-state index contributed by atoms with van der Waals surface area (Å²) in [6, 6.07) is 1.14. The quantitative estimate of drug-likeness (QED) is 0.308. The van der Waals surface area contributed by atoms with Crippen LogP contribution in [0.5, 0.6) is 0 Å². The fourth-order valence-corrected chi connectivity index (χ4v) is 6.46. The van der Waals surface area contributed by atoms with Crippen LogP contribution in [0.1, 0.15) is 19.6 Å². The third-order valence-electron chi connectivity index (χ3n) is 3.42. The number of aromatic nitrogens is 2. The number of H-pyrrole nitrogens is 1. The minimum absolute atomic E-state index is 0.211. The summed E-state index contributed by atoms with van der Waals surface area (Å²) in [5, 5.41) is 0. The van der Waals surface area contributed by atoms with Crippen LogP contribution >= 0.6 is 22.4 Å². The van der Waals surface area contributed by atoms with Crippen LogP contribution in [0.2, 0.25) is 0 Å². The minimum atomic E-state index is -5.39. The molecule has 2 rings (SSSR count). The van der Waals surface area contributed by atoms with Gasteiger partial charge in [0.25, 0.3) is 5.56 Å². The van der Waals surface area contributed by atoms with Crippen molar-refractivity contribution in [3.63, 3.8) is 0 Å². The van der Waals surface area contributed by atoms with Crippen molar-refractivity contribution in [2.24, 2.45) is 5.92 Å². The van der Waals surface area contributed by atoms with Gasteiger partial charge in [0.05, 0.1) is 12.7 Å². The standard InChI is InChI=1S/C10H17N2O12P3S/c1-6-4-7(22-9(6)12-3-2-8(13)11-10(12)14)5-21-27(20,28)24-26(18,19)23-25(15,16)17/h2-3,6-7,9H,4-5H2,1H3,(H,18,19)(H,20,28)(H,11,13,14)(H2,15,16,17)/t6-,7-,9+,27?/m0/s1. The van der Waals surface area contributed by atoms with Crippen LogP contribution in [0.25, 0.3) is 0 Å². The molecular weight excluding hydrogens is 465 g/mol. The molecule has 18 heteroatoms. The molecule has 0 aromatic carbocycles. The Labute approximate surface area is 162 Å². The van der Waals surface area contributed by atoms with Gasteiger partial charge < -0.3 is 28.8 Å². The van der Waals surface area contributed by atoms with E-state index in [0.717, 1.165) is 10.6 Å². The lowest BCUT2D eigenvalue weighted by atomic mass is 10.1. The zero-order valence-electron chi connectivity index (χ0n) is 14.1. The molecule has 0 amide bonds. The second-order valence-electron chi connectivity index (χ2n) is 5.77. The molecule has 1 fully saturated rings. The second kappa shape index (κ2) is 8.68. The van der Waals surface area contributed by atoms with Crippen LogP contribution in [-0.2, 0) is 38.8 Å². The molecule has 1 aromatic heterocycles. The fraction of sp³-hybridized carbons (Fsp3) is 0.600. The Kier molecular flexibility index (Phi) is 7.36. The summed E-state index contributed by atoms with van der Waals surface area (Å²) in [5.74, 6) is -0.211. The van der Waals surface area contributed by atoms with E-state index in [1.165, 1.54) is 6.20 Å². The van der Waals surface area contributed by atoms with Crippen molar-refractivity contribution >= 4 is 34.2 Å². The number of phosphoric acid groups is 2. The van der Waals surface area contributed by atoms with Crippen LogP contribution in [0.3, 0.4) is 0 Å². The van der Waals surface area contributed by atoms with Crippen molar-refractivity contribution < 1.29 is 46.6 Å². The Morgan fingerprint density at radius 1 is 1.29 bits per heavy atom. The van der Waals surface area contributed by atoms with Gasteiger partial charge in [0.15, 0.2) is 0 Å². The topological polar surface area (TPSA) is 207 Å². The lowest BCUT2D eigenvalue weighted by Crippen LogP contribution is -2.33. The number of nitrogens with one attached hydrogen (secondary N) is 1. The van der Waals surface area contributed by atoms with Gasteiger partial charge in [-0.15, -0.1) is 0 Å². The monoisotopic (exact) mass is 482 g/mol. The Morgan fingerprint density at radius 2 is 1.93 bits per heavy atom. The average molecular weight is 482 g/mol. The molecular formula is C10H17N2O12P3S. The Bertz CT molecular complexity index is 971. The van der Waals surface area contributed by atoms with Gasteiger partial charge in [-0.2, -0.15) is 4.31 Å². The highest BCUT2D eigenvalue weighted by Crippen LogP contribution is 2.66. The summed E-state index contributed by atoms with van der Waals surface area (Å²) in [6.45, 7) is -3.08. The van der Waals surface area contributed by atoms with E-state index in [-0.39, 0.29) is 5.92 Å². The average Bonchev–Trinajstić information content (AvgIpc) is 2.82.